The number of anilines is 1. The molecule has 1 aliphatic heterocycles. The van der Waals surface area contributed by atoms with E-state index in [-0.39, 0.29) is 0 Å². The number of nitrogens with zero attached hydrogens (tertiary/aromatic N) is 5. The number of imidazole rings is 1. The van der Waals surface area contributed by atoms with Gasteiger partial charge in [-0.05, 0) is 43.2 Å². The van der Waals surface area contributed by atoms with Crippen LogP contribution >= 0.6 is 11.8 Å². The van der Waals surface area contributed by atoms with Crippen LogP contribution < -0.4 is 4.90 Å². The molecule has 5 rings (SSSR count). The van der Waals surface area contributed by atoms with Crippen LogP contribution in [0.1, 0.15) is 38.5 Å². The Morgan fingerprint density at radius 3 is 2.54 bits per heavy atom. The van der Waals surface area contributed by atoms with Crippen molar-refractivity contribution in [2.75, 3.05) is 18.0 Å². The summed E-state index contributed by atoms with van der Waals surface area (Å²) < 4.78 is 2.14. The average molecular weight is 366 g/mol. The number of aromatic nitrogens is 4. The number of rotatable bonds is 3. The van der Waals surface area contributed by atoms with Gasteiger partial charge in [0.25, 0.3) is 0 Å². The van der Waals surface area contributed by atoms with Crippen LogP contribution in [0.25, 0.3) is 5.65 Å². The molecule has 0 N–H and O–H groups in total. The van der Waals surface area contributed by atoms with Gasteiger partial charge in [-0.15, -0.1) is 0 Å². The number of hydrogen-bond acceptors (Lipinski definition) is 5. The summed E-state index contributed by atoms with van der Waals surface area (Å²) in [4.78, 5) is 17.3. The molecular weight excluding hydrogens is 342 g/mol. The van der Waals surface area contributed by atoms with Crippen molar-refractivity contribution in [3.8, 4) is 0 Å². The van der Waals surface area contributed by atoms with E-state index in [1.807, 2.05) is 43.0 Å². The molecular formula is C20H23N5S. The van der Waals surface area contributed by atoms with Crippen molar-refractivity contribution in [1.29, 1.82) is 0 Å². The van der Waals surface area contributed by atoms with Gasteiger partial charge in [0.15, 0.2) is 5.65 Å². The summed E-state index contributed by atoms with van der Waals surface area (Å²) in [6.45, 7) is 2.21. The number of hydrogen-bond donors (Lipinski definition) is 0. The molecule has 0 aromatic carbocycles. The average Bonchev–Trinajstić information content (AvgIpc) is 3.34. The van der Waals surface area contributed by atoms with Crippen molar-refractivity contribution < 1.29 is 0 Å². The molecule has 134 valence electrons. The highest BCUT2D eigenvalue weighted by molar-refractivity contribution is 7.99. The highest BCUT2D eigenvalue weighted by Gasteiger charge is 2.37. The van der Waals surface area contributed by atoms with Crippen LogP contribution in [0.15, 0.2) is 52.9 Å². The highest BCUT2D eigenvalue weighted by atomic mass is 32.2. The molecule has 1 saturated carbocycles. The Morgan fingerprint density at radius 1 is 0.923 bits per heavy atom. The molecule has 0 radical (unpaired) electrons. The molecule has 4 heterocycles. The van der Waals surface area contributed by atoms with E-state index in [1.54, 1.807) is 11.8 Å². The quantitative estimate of drug-likeness (QED) is 0.687. The van der Waals surface area contributed by atoms with E-state index >= 15 is 0 Å². The van der Waals surface area contributed by atoms with Crippen molar-refractivity contribution in [1.82, 2.24) is 19.4 Å². The van der Waals surface area contributed by atoms with Gasteiger partial charge in [-0.3, -0.25) is 4.40 Å². The number of fused-ring (bicyclic) bond motifs is 1. The molecule has 1 aliphatic carbocycles. The van der Waals surface area contributed by atoms with Gasteiger partial charge in [-0.25, -0.2) is 15.0 Å². The van der Waals surface area contributed by atoms with Crippen LogP contribution in [-0.2, 0) is 0 Å². The third-order valence-electron chi connectivity index (χ3n) is 6.00. The molecule has 1 spiro atoms. The molecule has 2 aliphatic rings. The molecule has 26 heavy (non-hydrogen) atoms. The Morgan fingerprint density at radius 2 is 1.77 bits per heavy atom. The van der Waals surface area contributed by atoms with E-state index in [0.29, 0.717) is 5.41 Å². The fourth-order valence-corrected chi connectivity index (χ4v) is 5.35. The molecule has 0 unspecified atom stereocenters. The first-order valence-electron chi connectivity index (χ1n) is 9.49. The van der Waals surface area contributed by atoms with Gasteiger partial charge < -0.3 is 4.90 Å². The van der Waals surface area contributed by atoms with Gasteiger partial charge in [0, 0.05) is 37.9 Å². The Kier molecular flexibility index (Phi) is 4.08. The predicted octanol–water partition coefficient (Wildman–Crippen LogP) is 4.44. The van der Waals surface area contributed by atoms with E-state index in [1.165, 1.54) is 38.5 Å². The third-order valence-corrected chi connectivity index (χ3v) is 6.96. The smallest absolute Gasteiger partial charge is 0.211 e. The molecule has 3 aromatic rings. The summed E-state index contributed by atoms with van der Waals surface area (Å²) in [5, 5.41) is 0.966. The van der Waals surface area contributed by atoms with Crippen LogP contribution in [0.4, 0.5) is 5.95 Å². The first-order chi connectivity index (χ1) is 12.8. The Bertz CT molecular complexity index is 891. The topological polar surface area (TPSA) is 46.3 Å². The normalized spacial score (nSPS) is 19.5. The monoisotopic (exact) mass is 365 g/mol. The minimum absolute atomic E-state index is 0.624. The molecule has 2 fully saturated rings. The molecule has 6 heteroatoms. The maximum atomic E-state index is 4.81. The minimum Gasteiger partial charge on any atom is -0.342 e. The summed E-state index contributed by atoms with van der Waals surface area (Å²) in [7, 11) is 0. The van der Waals surface area contributed by atoms with Crippen molar-refractivity contribution in [3.63, 3.8) is 0 Å². The lowest BCUT2D eigenvalue weighted by Gasteiger charge is -2.39. The van der Waals surface area contributed by atoms with Crippen molar-refractivity contribution in [2.45, 2.75) is 48.4 Å². The maximum absolute atomic E-state index is 4.81. The lowest BCUT2D eigenvalue weighted by atomic mass is 9.77. The zero-order chi connectivity index (χ0) is 17.4. The summed E-state index contributed by atoms with van der Waals surface area (Å²) >= 11 is 1.62. The first kappa shape index (κ1) is 16.1. The Labute approximate surface area is 157 Å². The van der Waals surface area contributed by atoms with E-state index < -0.39 is 0 Å². The van der Waals surface area contributed by atoms with Crippen LogP contribution in [0.2, 0.25) is 0 Å². The Hall–Kier alpha value is -2.08. The minimum atomic E-state index is 0.624. The van der Waals surface area contributed by atoms with Gasteiger partial charge in [0.05, 0.1) is 4.90 Å². The van der Waals surface area contributed by atoms with Crippen molar-refractivity contribution >= 4 is 23.4 Å². The van der Waals surface area contributed by atoms with E-state index in [4.69, 9.17) is 4.98 Å². The molecule has 5 nitrogen and oxygen atoms in total. The number of pyridine rings is 1. The van der Waals surface area contributed by atoms with Gasteiger partial charge in [0.2, 0.25) is 5.95 Å². The standard InChI is InChI=1S/C20H23N5S/c1-4-10-21-17(5-1)26-16-15-23-19(25-14-11-22-18(16)25)24-12-8-20(9-13-24)6-2-3-7-20/h1,4-5,10-11,14-15H,2-3,6-9,12-13H2. The summed E-state index contributed by atoms with van der Waals surface area (Å²) in [5.74, 6) is 1.02. The van der Waals surface area contributed by atoms with E-state index in [0.717, 1.165) is 34.6 Å². The first-order valence-corrected chi connectivity index (χ1v) is 10.3. The lowest BCUT2D eigenvalue weighted by Crippen LogP contribution is -2.40. The zero-order valence-electron chi connectivity index (χ0n) is 14.8. The summed E-state index contributed by atoms with van der Waals surface area (Å²) in [6.07, 6.45) is 16.0. The van der Waals surface area contributed by atoms with Crippen molar-refractivity contribution in [3.05, 3.63) is 43.0 Å². The maximum Gasteiger partial charge on any atom is 0.211 e. The summed E-state index contributed by atoms with van der Waals surface area (Å²) in [5.41, 5.74) is 1.59. The summed E-state index contributed by atoms with van der Waals surface area (Å²) in [6, 6.07) is 5.96. The van der Waals surface area contributed by atoms with Crippen LogP contribution in [0, 0.1) is 5.41 Å². The number of piperidine rings is 1. The van der Waals surface area contributed by atoms with Gasteiger partial charge in [-0.1, -0.05) is 30.7 Å². The second-order valence-corrected chi connectivity index (χ2v) is 8.57. The predicted molar refractivity (Wildman–Crippen MR) is 104 cm³/mol. The van der Waals surface area contributed by atoms with Crippen LogP contribution in [-0.4, -0.2) is 32.4 Å². The second kappa shape index (κ2) is 6.58. The molecule has 0 bridgehead atoms. The highest BCUT2D eigenvalue weighted by Crippen LogP contribution is 2.46. The fraction of sp³-hybridized carbons (Fsp3) is 0.450. The molecule has 0 amide bonds. The van der Waals surface area contributed by atoms with Crippen LogP contribution in [0.3, 0.4) is 0 Å². The zero-order valence-corrected chi connectivity index (χ0v) is 15.7. The van der Waals surface area contributed by atoms with Gasteiger partial charge in [0.1, 0.15) is 5.03 Å². The SMILES string of the molecule is c1ccc(Sc2cnc(N3CCC4(CCCC4)CC3)n3ccnc23)nc1. The largest absolute Gasteiger partial charge is 0.342 e. The van der Waals surface area contributed by atoms with Gasteiger partial charge in [-0.2, -0.15) is 0 Å². The lowest BCUT2D eigenvalue weighted by molar-refractivity contribution is 0.225. The molecule has 0 atom stereocenters. The second-order valence-electron chi connectivity index (χ2n) is 7.51. The van der Waals surface area contributed by atoms with Gasteiger partial charge >= 0.3 is 0 Å². The molecule has 1 saturated heterocycles. The van der Waals surface area contributed by atoms with E-state index in [2.05, 4.69) is 19.3 Å². The fourth-order valence-electron chi connectivity index (χ4n) is 4.52. The van der Waals surface area contributed by atoms with Crippen molar-refractivity contribution in [2.24, 2.45) is 5.41 Å². The third kappa shape index (κ3) is 2.86. The van der Waals surface area contributed by atoms with Crippen LogP contribution in [0.5, 0.6) is 0 Å². The molecule has 3 aromatic heterocycles. The van der Waals surface area contributed by atoms with E-state index in [9.17, 15) is 0 Å². The Balaban J connectivity index is 1.41.